The van der Waals surface area contributed by atoms with Gasteiger partial charge in [-0.3, -0.25) is 0 Å². The second-order valence-corrected chi connectivity index (χ2v) is 5.51. The zero-order valence-corrected chi connectivity index (χ0v) is 11.5. The second-order valence-electron chi connectivity index (χ2n) is 5.51. The summed E-state index contributed by atoms with van der Waals surface area (Å²) in [6, 6.07) is 8.55. The molecule has 1 fully saturated rings. The third-order valence-corrected chi connectivity index (χ3v) is 4.21. The lowest BCUT2D eigenvalue weighted by molar-refractivity contribution is 0.479. The van der Waals surface area contributed by atoms with Crippen molar-refractivity contribution >= 4 is 27.9 Å². The molecule has 0 unspecified atom stereocenters. The average Bonchev–Trinajstić information content (AvgIpc) is 2.86. The molecule has 102 valence electrons. The van der Waals surface area contributed by atoms with Crippen LogP contribution in [0.15, 0.2) is 35.0 Å². The summed E-state index contributed by atoms with van der Waals surface area (Å²) >= 11 is 0. The highest BCUT2D eigenvalue weighted by Crippen LogP contribution is 2.34. The van der Waals surface area contributed by atoms with Crippen molar-refractivity contribution in [2.24, 2.45) is 0 Å². The number of para-hydroxylation sites is 1. The number of hydrogen-bond donors (Lipinski definition) is 0. The smallest absolute Gasteiger partial charge is 0.196 e. The van der Waals surface area contributed by atoms with Crippen LogP contribution >= 0.6 is 0 Å². The van der Waals surface area contributed by atoms with Gasteiger partial charge in [-0.1, -0.05) is 12.1 Å². The Morgan fingerprint density at radius 3 is 3.00 bits per heavy atom. The van der Waals surface area contributed by atoms with Crippen molar-refractivity contribution < 1.29 is 4.42 Å². The van der Waals surface area contributed by atoms with Gasteiger partial charge in [-0.15, -0.1) is 0 Å². The Kier molecular flexibility index (Phi) is 2.62. The molecule has 0 aliphatic carbocycles. The van der Waals surface area contributed by atoms with E-state index in [0.29, 0.717) is 6.04 Å². The zero-order valence-electron chi connectivity index (χ0n) is 11.5. The van der Waals surface area contributed by atoms with Gasteiger partial charge in [-0.25, -0.2) is 9.97 Å². The van der Waals surface area contributed by atoms with Crippen LogP contribution in [0.25, 0.3) is 22.1 Å². The molecular formula is C16H17N3O. The molecule has 4 rings (SSSR count). The van der Waals surface area contributed by atoms with Gasteiger partial charge in [0.1, 0.15) is 17.4 Å². The number of nitrogens with zero attached hydrogens (tertiary/aromatic N) is 3. The molecule has 3 aromatic rings. The van der Waals surface area contributed by atoms with Gasteiger partial charge in [0.25, 0.3) is 0 Å². The predicted octanol–water partition coefficient (Wildman–Crippen LogP) is 3.75. The molecule has 1 aliphatic rings. The van der Waals surface area contributed by atoms with E-state index in [9.17, 15) is 0 Å². The summed E-state index contributed by atoms with van der Waals surface area (Å²) < 4.78 is 6.02. The van der Waals surface area contributed by atoms with Gasteiger partial charge in [0.05, 0.1) is 0 Å². The lowest BCUT2D eigenvalue weighted by Gasteiger charge is -2.34. The molecule has 3 heterocycles. The maximum Gasteiger partial charge on any atom is 0.196 e. The number of furan rings is 1. The number of fused-ring (bicyclic) bond motifs is 3. The fourth-order valence-electron chi connectivity index (χ4n) is 3.13. The molecule has 0 amide bonds. The number of hydrogen-bond acceptors (Lipinski definition) is 4. The van der Waals surface area contributed by atoms with Crippen LogP contribution in [0.5, 0.6) is 0 Å². The highest BCUT2D eigenvalue weighted by atomic mass is 16.3. The first-order valence-corrected chi connectivity index (χ1v) is 7.23. The summed E-state index contributed by atoms with van der Waals surface area (Å²) in [4.78, 5) is 11.3. The van der Waals surface area contributed by atoms with Crippen molar-refractivity contribution in [3.05, 3.63) is 30.6 Å². The summed E-state index contributed by atoms with van der Waals surface area (Å²) in [5, 5.41) is 1.07. The standard InChI is InChI=1S/C16H17N3O/c1-11-6-4-5-9-19(11)16-15-14(17-10-18-16)12-7-2-3-8-13(12)20-15/h2-3,7-8,10-11H,4-6,9H2,1H3/t11-/m0/s1. The Labute approximate surface area is 117 Å². The molecule has 0 saturated carbocycles. The van der Waals surface area contributed by atoms with Crippen molar-refractivity contribution in [3.63, 3.8) is 0 Å². The monoisotopic (exact) mass is 267 g/mol. The minimum atomic E-state index is 0.509. The van der Waals surface area contributed by atoms with Crippen LogP contribution in [0.1, 0.15) is 26.2 Å². The van der Waals surface area contributed by atoms with Gasteiger partial charge < -0.3 is 9.32 Å². The summed E-state index contributed by atoms with van der Waals surface area (Å²) in [5.74, 6) is 0.943. The molecule has 4 heteroatoms. The van der Waals surface area contributed by atoms with Crippen molar-refractivity contribution in [2.75, 3.05) is 11.4 Å². The molecule has 1 saturated heterocycles. The van der Waals surface area contributed by atoms with E-state index in [1.165, 1.54) is 19.3 Å². The van der Waals surface area contributed by atoms with Gasteiger partial charge in [0.15, 0.2) is 11.4 Å². The Balaban J connectivity index is 1.95. The first-order valence-electron chi connectivity index (χ1n) is 7.23. The molecule has 4 nitrogen and oxygen atoms in total. The first kappa shape index (κ1) is 11.7. The van der Waals surface area contributed by atoms with Gasteiger partial charge >= 0.3 is 0 Å². The maximum atomic E-state index is 6.02. The molecule has 0 N–H and O–H groups in total. The largest absolute Gasteiger partial charge is 0.450 e. The van der Waals surface area contributed by atoms with Crippen LogP contribution in [-0.4, -0.2) is 22.6 Å². The van der Waals surface area contributed by atoms with E-state index >= 15 is 0 Å². The second kappa shape index (κ2) is 4.47. The molecule has 0 spiro atoms. The lowest BCUT2D eigenvalue weighted by Crippen LogP contribution is -2.38. The van der Waals surface area contributed by atoms with Crippen molar-refractivity contribution in [1.82, 2.24) is 9.97 Å². The fourth-order valence-corrected chi connectivity index (χ4v) is 3.13. The minimum absolute atomic E-state index is 0.509. The van der Waals surface area contributed by atoms with E-state index in [-0.39, 0.29) is 0 Å². The summed E-state index contributed by atoms with van der Waals surface area (Å²) in [5.41, 5.74) is 2.62. The van der Waals surface area contributed by atoms with Crippen LogP contribution < -0.4 is 4.90 Å². The number of aromatic nitrogens is 2. The normalized spacial score (nSPS) is 19.9. The van der Waals surface area contributed by atoms with Crippen LogP contribution in [-0.2, 0) is 0 Å². The number of piperidine rings is 1. The Morgan fingerprint density at radius 2 is 2.10 bits per heavy atom. The van der Waals surface area contributed by atoms with E-state index in [0.717, 1.165) is 34.4 Å². The molecule has 2 aromatic heterocycles. The average molecular weight is 267 g/mol. The third-order valence-electron chi connectivity index (χ3n) is 4.21. The lowest BCUT2D eigenvalue weighted by atomic mass is 10.0. The van der Waals surface area contributed by atoms with Crippen LogP contribution in [0.3, 0.4) is 0 Å². The third kappa shape index (κ3) is 1.68. The SMILES string of the molecule is C[C@H]1CCCCN1c1ncnc2c1oc1ccccc12. The predicted molar refractivity (Wildman–Crippen MR) is 80.0 cm³/mol. The van der Waals surface area contributed by atoms with Crippen molar-refractivity contribution in [2.45, 2.75) is 32.2 Å². The molecule has 20 heavy (non-hydrogen) atoms. The van der Waals surface area contributed by atoms with E-state index in [2.05, 4.69) is 27.9 Å². The summed E-state index contributed by atoms with van der Waals surface area (Å²) in [6.45, 7) is 3.31. The molecule has 1 atom stereocenters. The van der Waals surface area contributed by atoms with Gasteiger partial charge in [0, 0.05) is 18.0 Å². The van der Waals surface area contributed by atoms with Crippen LogP contribution in [0.2, 0.25) is 0 Å². The Bertz CT molecular complexity index is 765. The van der Waals surface area contributed by atoms with Crippen LogP contribution in [0, 0.1) is 0 Å². The quantitative estimate of drug-likeness (QED) is 0.673. The number of anilines is 1. The number of rotatable bonds is 1. The van der Waals surface area contributed by atoms with Gasteiger partial charge in [-0.2, -0.15) is 0 Å². The minimum Gasteiger partial charge on any atom is -0.450 e. The Morgan fingerprint density at radius 1 is 1.20 bits per heavy atom. The summed E-state index contributed by atoms with van der Waals surface area (Å²) in [6.07, 6.45) is 5.38. The molecule has 0 radical (unpaired) electrons. The van der Waals surface area contributed by atoms with Crippen molar-refractivity contribution in [3.8, 4) is 0 Å². The summed E-state index contributed by atoms with van der Waals surface area (Å²) in [7, 11) is 0. The Hall–Kier alpha value is -2.10. The fraction of sp³-hybridized carbons (Fsp3) is 0.375. The van der Waals surface area contributed by atoms with E-state index in [1.807, 2.05) is 18.2 Å². The van der Waals surface area contributed by atoms with Crippen molar-refractivity contribution in [1.29, 1.82) is 0 Å². The van der Waals surface area contributed by atoms with E-state index in [1.54, 1.807) is 6.33 Å². The molecule has 1 aliphatic heterocycles. The topological polar surface area (TPSA) is 42.2 Å². The number of benzene rings is 1. The van der Waals surface area contributed by atoms with Crippen LogP contribution in [0.4, 0.5) is 5.82 Å². The molecule has 0 bridgehead atoms. The highest BCUT2D eigenvalue weighted by Gasteiger charge is 2.24. The molecule has 1 aromatic carbocycles. The highest BCUT2D eigenvalue weighted by molar-refractivity contribution is 6.05. The van der Waals surface area contributed by atoms with E-state index < -0.39 is 0 Å². The zero-order chi connectivity index (χ0) is 13.5. The van der Waals surface area contributed by atoms with E-state index in [4.69, 9.17) is 4.42 Å². The van der Waals surface area contributed by atoms with Gasteiger partial charge in [-0.05, 0) is 38.3 Å². The molecular weight excluding hydrogens is 250 g/mol. The first-order chi connectivity index (χ1) is 9.84. The maximum absolute atomic E-state index is 6.02. The van der Waals surface area contributed by atoms with Gasteiger partial charge in [0.2, 0.25) is 0 Å².